The summed E-state index contributed by atoms with van der Waals surface area (Å²) >= 11 is 0. The van der Waals surface area contributed by atoms with E-state index in [-0.39, 0.29) is 23.7 Å². The van der Waals surface area contributed by atoms with Crippen molar-refractivity contribution in [2.45, 2.75) is 32.9 Å². The van der Waals surface area contributed by atoms with Crippen LogP contribution in [0.4, 0.5) is 13.6 Å². The molecule has 11 heteroatoms. The average Bonchev–Trinajstić information content (AvgIpc) is 3.08. The van der Waals surface area contributed by atoms with E-state index in [0.29, 0.717) is 16.1 Å². The van der Waals surface area contributed by atoms with Gasteiger partial charge in [0.05, 0.1) is 0 Å². The van der Waals surface area contributed by atoms with Gasteiger partial charge in [-0.25, -0.2) is 14.1 Å². The molecule has 0 aliphatic carbocycles. The first-order chi connectivity index (χ1) is 17.5. The summed E-state index contributed by atoms with van der Waals surface area (Å²) in [6.45, 7) is 0.516. The van der Waals surface area contributed by atoms with Crippen molar-refractivity contribution < 1.29 is 32.6 Å². The third-order valence-electron chi connectivity index (χ3n) is 6.72. The summed E-state index contributed by atoms with van der Waals surface area (Å²) in [6, 6.07) is 14.0. The molecule has 194 valence electrons. The molecule has 1 atom stereocenters. The molecule has 4 amide bonds. The standard InChI is InChI=1S/C26H26F2N4O5/c1-15-16(2)32(36)22(31(15)14-17-9-6-5-7-10-17)20(18-11-8-12-19(13-18)37-25(27)28)21-23(33)29(3)26(35)30(4)24(21)34/h5-13,20-21,25H,14H2,1-4H3/t20-/m0/s1. The van der Waals surface area contributed by atoms with Gasteiger partial charge >= 0.3 is 12.6 Å². The van der Waals surface area contributed by atoms with E-state index in [4.69, 9.17) is 0 Å². The molecule has 0 radical (unpaired) electrons. The lowest BCUT2D eigenvalue weighted by Gasteiger charge is -2.36. The zero-order valence-electron chi connectivity index (χ0n) is 20.7. The Balaban J connectivity index is 1.97. The second kappa shape index (κ2) is 10.00. The molecule has 3 aromatic rings. The van der Waals surface area contributed by atoms with Crippen LogP contribution in [0, 0.1) is 25.0 Å². The highest BCUT2D eigenvalue weighted by atomic mass is 19.3. The molecule has 1 saturated heterocycles. The monoisotopic (exact) mass is 512 g/mol. The average molecular weight is 513 g/mol. The van der Waals surface area contributed by atoms with E-state index >= 15 is 0 Å². The fraction of sp³-hybridized carbons (Fsp3) is 0.308. The molecule has 0 saturated carbocycles. The van der Waals surface area contributed by atoms with Crippen LogP contribution < -0.4 is 9.47 Å². The molecule has 0 unspecified atom stereocenters. The van der Waals surface area contributed by atoms with Crippen molar-refractivity contribution in [1.29, 1.82) is 0 Å². The van der Waals surface area contributed by atoms with Crippen molar-refractivity contribution in [2.75, 3.05) is 14.1 Å². The van der Waals surface area contributed by atoms with Crippen molar-refractivity contribution >= 4 is 17.8 Å². The molecule has 1 aliphatic heterocycles. The second-order valence-corrected chi connectivity index (χ2v) is 8.88. The zero-order chi connectivity index (χ0) is 27.0. The number of halogens is 2. The molecule has 1 aromatic heterocycles. The van der Waals surface area contributed by atoms with Crippen molar-refractivity contribution in [3.8, 4) is 5.75 Å². The van der Waals surface area contributed by atoms with Gasteiger partial charge in [-0.3, -0.25) is 19.4 Å². The molecule has 2 aromatic carbocycles. The van der Waals surface area contributed by atoms with E-state index in [2.05, 4.69) is 4.74 Å². The molecule has 0 spiro atoms. The summed E-state index contributed by atoms with van der Waals surface area (Å²) in [4.78, 5) is 40.9. The Morgan fingerprint density at radius 2 is 1.59 bits per heavy atom. The van der Waals surface area contributed by atoms with Crippen LogP contribution in [0.25, 0.3) is 0 Å². The number of benzene rings is 2. The Labute approximate surface area is 212 Å². The van der Waals surface area contributed by atoms with E-state index in [9.17, 15) is 28.4 Å². The fourth-order valence-electron chi connectivity index (χ4n) is 4.65. The number of ether oxygens (including phenoxy) is 1. The second-order valence-electron chi connectivity index (χ2n) is 8.88. The van der Waals surface area contributed by atoms with Gasteiger partial charge in [-0.15, -0.1) is 0 Å². The predicted molar refractivity (Wildman–Crippen MR) is 128 cm³/mol. The van der Waals surface area contributed by atoms with Crippen molar-refractivity contribution in [3.63, 3.8) is 0 Å². The number of imide groups is 2. The highest BCUT2D eigenvalue weighted by molar-refractivity contribution is 6.16. The molecule has 1 aliphatic rings. The highest BCUT2D eigenvalue weighted by Crippen LogP contribution is 2.38. The number of nitrogens with zero attached hydrogens (tertiary/aromatic N) is 4. The van der Waals surface area contributed by atoms with E-state index in [1.165, 1.54) is 38.4 Å². The minimum Gasteiger partial charge on any atom is -0.711 e. The number of urea groups is 1. The van der Waals surface area contributed by atoms with Crippen molar-refractivity contribution in [3.05, 3.63) is 88.1 Å². The van der Waals surface area contributed by atoms with E-state index in [1.807, 2.05) is 30.3 Å². The van der Waals surface area contributed by atoms with Gasteiger partial charge in [0.25, 0.3) is 5.82 Å². The number of rotatable bonds is 7. The summed E-state index contributed by atoms with van der Waals surface area (Å²) in [6.07, 6.45) is 0. The number of alkyl halides is 2. The van der Waals surface area contributed by atoms with Gasteiger partial charge < -0.3 is 9.94 Å². The van der Waals surface area contributed by atoms with Gasteiger partial charge in [0.1, 0.15) is 35.5 Å². The van der Waals surface area contributed by atoms with Crippen molar-refractivity contribution in [1.82, 2.24) is 14.4 Å². The first-order valence-electron chi connectivity index (χ1n) is 11.5. The normalized spacial score (nSPS) is 15.6. The fourth-order valence-corrected chi connectivity index (χ4v) is 4.65. The third kappa shape index (κ3) is 4.64. The SMILES string of the molecule is Cc1c(C)[n+]([O-])c([C@@H](c2cccc(OC(F)F)c2)C2C(=O)N(C)C(=O)N(C)C2=O)n1Cc1ccccc1. The molecule has 9 nitrogen and oxygen atoms in total. The van der Waals surface area contributed by atoms with Crippen LogP contribution in [0.3, 0.4) is 0 Å². The summed E-state index contributed by atoms with van der Waals surface area (Å²) < 4.78 is 32.9. The number of hydrogen-bond acceptors (Lipinski definition) is 5. The number of aromatic nitrogens is 2. The van der Waals surface area contributed by atoms with Crippen LogP contribution >= 0.6 is 0 Å². The van der Waals surface area contributed by atoms with Gasteiger partial charge in [0.2, 0.25) is 11.8 Å². The summed E-state index contributed by atoms with van der Waals surface area (Å²) in [7, 11) is 2.50. The van der Waals surface area contributed by atoms with Gasteiger partial charge in [-0.1, -0.05) is 42.5 Å². The van der Waals surface area contributed by atoms with Crippen LogP contribution in [0.5, 0.6) is 5.75 Å². The van der Waals surface area contributed by atoms with Crippen LogP contribution in [0.1, 0.15) is 34.3 Å². The number of imidazole rings is 1. The maximum atomic E-state index is 13.6. The number of carbonyl (C=O) groups is 3. The number of carbonyl (C=O) groups excluding carboxylic acids is 3. The number of amides is 4. The Kier molecular flexibility index (Phi) is 6.97. The smallest absolute Gasteiger partial charge is 0.387 e. The van der Waals surface area contributed by atoms with Gasteiger partial charge in [0.15, 0.2) is 0 Å². The first kappa shape index (κ1) is 25.8. The number of hydrogen-bond donors (Lipinski definition) is 0. The minimum atomic E-state index is -3.10. The Morgan fingerprint density at radius 1 is 0.973 bits per heavy atom. The van der Waals surface area contributed by atoms with Crippen LogP contribution in [0.15, 0.2) is 54.6 Å². The molecule has 0 bridgehead atoms. The van der Waals surface area contributed by atoms with Crippen LogP contribution in [-0.2, 0) is 16.1 Å². The quantitative estimate of drug-likeness (QED) is 0.275. The lowest BCUT2D eigenvalue weighted by molar-refractivity contribution is -0.621. The summed E-state index contributed by atoms with van der Waals surface area (Å²) in [5.41, 5.74) is 2.05. The lowest BCUT2D eigenvalue weighted by atomic mass is 9.82. The molecule has 0 N–H and O–H groups in total. The summed E-state index contributed by atoms with van der Waals surface area (Å²) in [5.74, 6) is -4.46. The van der Waals surface area contributed by atoms with Gasteiger partial charge in [-0.2, -0.15) is 8.78 Å². The predicted octanol–water partition coefficient (Wildman–Crippen LogP) is 3.19. The third-order valence-corrected chi connectivity index (χ3v) is 6.72. The van der Waals surface area contributed by atoms with Crippen LogP contribution in [-0.4, -0.2) is 52.9 Å². The van der Waals surface area contributed by atoms with E-state index < -0.39 is 36.3 Å². The maximum absolute atomic E-state index is 13.6. The molecule has 4 rings (SSSR count). The Hall–Kier alpha value is -4.28. The van der Waals surface area contributed by atoms with Crippen LogP contribution in [0.2, 0.25) is 0 Å². The zero-order valence-corrected chi connectivity index (χ0v) is 20.7. The highest BCUT2D eigenvalue weighted by Gasteiger charge is 2.51. The molecule has 2 heterocycles. The maximum Gasteiger partial charge on any atom is 0.387 e. The molecule has 37 heavy (non-hydrogen) atoms. The summed E-state index contributed by atoms with van der Waals surface area (Å²) in [5, 5.41) is 13.6. The van der Waals surface area contributed by atoms with Gasteiger partial charge in [-0.05, 0) is 23.3 Å². The van der Waals surface area contributed by atoms with Crippen molar-refractivity contribution in [2.24, 2.45) is 5.92 Å². The van der Waals surface area contributed by atoms with E-state index in [1.54, 1.807) is 18.4 Å². The van der Waals surface area contributed by atoms with Gasteiger partial charge in [0, 0.05) is 27.9 Å². The Morgan fingerprint density at radius 3 is 2.19 bits per heavy atom. The molecule has 1 fully saturated rings. The molecular weight excluding hydrogens is 486 g/mol. The first-order valence-corrected chi connectivity index (χ1v) is 11.5. The minimum absolute atomic E-state index is 0.0656. The largest absolute Gasteiger partial charge is 0.711 e. The molecular formula is C26H26F2N4O5. The number of barbiturate groups is 1. The van der Waals surface area contributed by atoms with E-state index in [0.717, 1.165) is 15.4 Å². The Bertz CT molecular complexity index is 1330. The lowest BCUT2D eigenvalue weighted by Crippen LogP contribution is -2.59. The topological polar surface area (TPSA) is 98.8 Å².